The lowest BCUT2D eigenvalue weighted by Gasteiger charge is -2.13. The van der Waals surface area contributed by atoms with E-state index in [1.807, 2.05) is 31.2 Å². The molecule has 0 saturated carbocycles. The number of benzene rings is 1. The van der Waals surface area contributed by atoms with Crippen molar-refractivity contribution in [1.29, 1.82) is 0 Å². The quantitative estimate of drug-likeness (QED) is 0.828. The minimum Gasteiger partial charge on any atom is -0.398 e. The minimum absolute atomic E-state index is 0.0984. The first-order chi connectivity index (χ1) is 8.59. The Hall–Kier alpha value is -1.62. The zero-order chi connectivity index (χ0) is 13.1. The third kappa shape index (κ3) is 2.61. The second-order valence-electron chi connectivity index (χ2n) is 4.29. The SMILES string of the molecule is CC(CNc1ccc(N)c2cccnc12)S(C)=O. The molecule has 5 heteroatoms. The highest BCUT2D eigenvalue weighted by Gasteiger charge is 2.08. The number of aromatic nitrogens is 1. The van der Waals surface area contributed by atoms with Gasteiger partial charge in [-0.05, 0) is 31.2 Å². The maximum absolute atomic E-state index is 11.3. The summed E-state index contributed by atoms with van der Waals surface area (Å²) in [6.45, 7) is 2.61. The molecule has 0 aliphatic carbocycles. The molecule has 2 aromatic rings. The monoisotopic (exact) mass is 263 g/mol. The summed E-state index contributed by atoms with van der Waals surface area (Å²) in [6.07, 6.45) is 3.46. The number of nitrogens with two attached hydrogens (primary N) is 1. The predicted molar refractivity (Wildman–Crippen MR) is 78.2 cm³/mol. The zero-order valence-electron chi connectivity index (χ0n) is 10.5. The lowest BCUT2D eigenvalue weighted by Crippen LogP contribution is -2.20. The normalized spacial score (nSPS) is 14.3. The molecule has 0 spiro atoms. The number of nitrogens with one attached hydrogen (secondary N) is 1. The summed E-state index contributed by atoms with van der Waals surface area (Å²) >= 11 is 0. The Labute approximate surface area is 109 Å². The summed E-state index contributed by atoms with van der Waals surface area (Å²) in [4.78, 5) is 4.35. The van der Waals surface area contributed by atoms with Crippen LogP contribution in [0.3, 0.4) is 0 Å². The van der Waals surface area contributed by atoms with Crippen LogP contribution in [0.1, 0.15) is 6.92 Å². The Morgan fingerprint density at radius 3 is 2.94 bits per heavy atom. The lowest BCUT2D eigenvalue weighted by atomic mass is 10.1. The number of fused-ring (bicyclic) bond motifs is 1. The van der Waals surface area contributed by atoms with E-state index in [0.29, 0.717) is 6.54 Å². The highest BCUT2D eigenvalue weighted by molar-refractivity contribution is 7.84. The average Bonchev–Trinajstić information content (AvgIpc) is 2.38. The number of nitrogen functional groups attached to an aromatic ring is 1. The van der Waals surface area contributed by atoms with Gasteiger partial charge >= 0.3 is 0 Å². The number of anilines is 2. The van der Waals surface area contributed by atoms with E-state index in [0.717, 1.165) is 22.3 Å². The average molecular weight is 263 g/mol. The van der Waals surface area contributed by atoms with Gasteiger partial charge in [-0.3, -0.25) is 9.19 Å². The van der Waals surface area contributed by atoms with Gasteiger partial charge in [-0.2, -0.15) is 0 Å². The molecule has 96 valence electrons. The summed E-state index contributed by atoms with van der Waals surface area (Å²) in [5.74, 6) is 0. The molecule has 4 nitrogen and oxygen atoms in total. The fraction of sp³-hybridized carbons (Fsp3) is 0.308. The van der Waals surface area contributed by atoms with Crippen LogP contribution in [-0.4, -0.2) is 27.2 Å². The first kappa shape index (κ1) is 12.8. The van der Waals surface area contributed by atoms with Gasteiger partial charge in [0.05, 0.1) is 11.2 Å². The Morgan fingerprint density at radius 2 is 2.22 bits per heavy atom. The highest BCUT2D eigenvalue weighted by Crippen LogP contribution is 2.26. The van der Waals surface area contributed by atoms with Gasteiger partial charge in [-0.15, -0.1) is 0 Å². The molecular weight excluding hydrogens is 246 g/mol. The van der Waals surface area contributed by atoms with Crippen LogP contribution in [0.2, 0.25) is 0 Å². The summed E-state index contributed by atoms with van der Waals surface area (Å²) in [5, 5.41) is 4.32. The standard InChI is InChI=1S/C13H17N3OS/c1-9(18(2)17)8-16-12-6-5-11(14)10-4-3-7-15-13(10)12/h3-7,9,16H,8,14H2,1-2H3. The molecule has 1 aromatic carbocycles. The van der Waals surface area contributed by atoms with E-state index in [1.54, 1.807) is 12.5 Å². The number of hydrogen-bond donors (Lipinski definition) is 2. The van der Waals surface area contributed by atoms with Crippen molar-refractivity contribution in [3.8, 4) is 0 Å². The third-order valence-electron chi connectivity index (χ3n) is 2.95. The highest BCUT2D eigenvalue weighted by atomic mass is 32.2. The van der Waals surface area contributed by atoms with Gasteiger partial charge in [0.25, 0.3) is 0 Å². The van der Waals surface area contributed by atoms with Crippen molar-refractivity contribution in [2.45, 2.75) is 12.2 Å². The van der Waals surface area contributed by atoms with E-state index in [4.69, 9.17) is 5.73 Å². The molecule has 1 heterocycles. The largest absolute Gasteiger partial charge is 0.398 e. The van der Waals surface area contributed by atoms with Crippen molar-refractivity contribution < 1.29 is 4.21 Å². The van der Waals surface area contributed by atoms with E-state index in [9.17, 15) is 4.21 Å². The molecule has 0 bridgehead atoms. The van der Waals surface area contributed by atoms with Gasteiger partial charge in [0.2, 0.25) is 0 Å². The number of hydrogen-bond acceptors (Lipinski definition) is 4. The molecule has 2 unspecified atom stereocenters. The fourth-order valence-electron chi connectivity index (χ4n) is 1.71. The van der Waals surface area contributed by atoms with E-state index >= 15 is 0 Å². The Morgan fingerprint density at radius 1 is 1.44 bits per heavy atom. The van der Waals surface area contributed by atoms with Crippen LogP contribution in [0, 0.1) is 0 Å². The minimum atomic E-state index is -0.830. The van der Waals surface area contributed by atoms with Crippen LogP contribution in [0.25, 0.3) is 10.9 Å². The molecule has 1 aromatic heterocycles. The second-order valence-corrected chi connectivity index (χ2v) is 6.09. The molecule has 0 aliphatic heterocycles. The predicted octanol–water partition coefficient (Wildman–Crippen LogP) is 2.00. The first-order valence-electron chi connectivity index (χ1n) is 5.79. The van der Waals surface area contributed by atoms with Gasteiger partial charge in [0.1, 0.15) is 0 Å². The summed E-state index contributed by atoms with van der Waals surface area (Å²) < 4.78 is 11.3. The number of pyridine rings is 1. The van der Waals surface area contributed by atoms with Gasteiger partial charge in [-0.1, -0.05) is 0 Å². The summed E-state index contributed by atoms with van der Waals surface area (Å²) in [5.41, 5.74) is 8.41. The van der Waals surface area contributed by atoms with Gasteiger partial charge in [0, 0.05) is 46.1 Å². The van der Waals surface area contributed by atoms with Crippen LogP contribution >= 0.6 is 0 Å². The van der Waals surface area contributed by atoms with Crippen molar-refractivity contribution in [1.82, 2.24) is 4.98 Å². The molecular formula is C13H17N3OS. The molecule has 0 amide bonds. The zero-order valence-corrected chi connectivity index (χ0v) is 11.3. The molecule has 18 heavy (non-hydrogen) atoms. The third-order valence-corrected chi connectivity index (χ3v) is 4.25. The maximum Gasteiger partial charge on any atom is 0.0953 e. The number of nitrogens with zero attached hydrogens (tertiary/aromatic N) is 1. The van der Waals surface area contributed by atoms with E-state index in [2.05, 4.69) is 10.3 Å². The van der Waals surface area contributed by atoms with Crippen molar-refractivity contribution in [3.63, 3.8) is 0 Å². The molecule has 2 atom stereocenters. The van der Waals surface area contributed by atoms with E-state index < -0.39 is 10.8 Å². The molecule has 3 N–H and O–H groups in total. The van der Waals surface area contributed by atoms with Crippen LogP contribution in [0.4, 0.5) is 11.4 Å². The van der Waals surface area contributed by atoms with Crippen LogP contribution in [0.5, 0.6) is 0 Å². The van der Waals surface area contributed by atoms with Crippen molar-refractivity contribution in [2.24, 2.45) is 0 Å². The molecule has 0 radical (unpaired) electrons. The topological polar surface area (TPSA) is 68.0 Å². The van der Waals surface area contributed by atoms with Crippen molar-refractivity contribution in [2.75, 3.05) is 23.9 Å². The van der Waals surface area contributed by atoms with Gasteiger partial charge in [0.15, 0.2) is 0 Å². The van der Waals surface area contributed by atoms with E-state index in [-0.39, 0.29) is 5.25 Å². The molecule has 2 rings (SSSR count). The number of rotatable bonds is 4. The van der Waals surface area contributed by atoms with Crippen molar-refractivity contribution >= 4 is 33.1 Å². The van der Waals surface area contributed by atoms with Crippen molar-refractivity contribution in [3.05, 3.63) is 30.5 Å². The Balaban J connectivity index is 2.29. The molecule has 0 saturated heterocycles. The van der Waals surface area contributed by atoms with Crippen LogP contribution in [0.15, 0.2) is 30.5 Å². The second kappa shape index (κ2) is 5.35. The van der Waals surface area contributed by atoms with Gasteiger partial charge in [-0.25, -0.2) is 0 Å². The summed E-state index contributed by atoms with van der Waals surface area (Å²) in [7, 11) is -0.830. The lowest BCUT2D eigenvalue weighted by molar-refractivity contribution is 0.679. The smallest absolute Gasteiger partial charge is 0.0953 e. The Kier molecular flexibility index (Phi) is 3.81. The first-order valence-corrected chi connectivity index (χ1v) is 7.41. The summed E-state index contributed by atoms with van der Waals surface area (Å²) in [6, 6.07) is 7.59. The maximum atomic E-state index is 11.3. The molecule has 0 aliphatic rings. The molecule has 0 fully saturated rings. The van der Waals surface area contributed by atoms with Crippen LogP contribution in [-0.2, 0) is 10.8 Å². The van der Waals surface area contributed by atoms with Gasteiger partial charge < -0.3 is 11.1 Å². The Bertz CT molecular complexity index is 585. The van der Waals surface area contributed by atoms with E-state index in [1.165, 1.54) is 0 Å². The van der Waals surface area contributed by atoms with Crippen LogP contribution < -0.4 is 11.1 Å². The fourth-order valence-corrected chi connectivity index (χ4v) is 2.03.